The van der Waals surface area contributed by atoms with Crippen molar-refractivity contribution in [3.8, 4) is 5.75 Å². The number of hydrogen-bond donors (Lipinski definition) is 1. The number of aliphatic imine (C=N–C) groups is 1. The number of nitrogens with zero attached hydrogens (tertiary/aromatic N) is 4. The molecule has 1 unspecified atom stereocenters. The van der Waals surface area contributed by atoms with Crippen LogP contribution in [0.2, 0.25) is 0 Å². The van der Waals surface area contributed by atoms with Gasteiger partial charge >= 0.3 is 0 Å². The molecule has 180 valence electrons. The van der Waals surface area contributed by atoms with Gasteiger partial charge in [0.05, 0.1) is 27.5 Å². The van der Waals surface area contributed by atoms with Crippen LogP contribution in [-0.2, 0) is 4.74 Å². The second kappa shape index (κ2) is 10.5. The molecule has 1 aromatic heterocycles. The molecule has 34 heavy (non-hydrogen) atoms. The predicted molar refractivity (Wildman–Crippen MR) is 131 cm³/mol. The predicted octanol–water partition coefficient (Wildman–Crippen LogP) is 3.27. The number of aliphatic hydroxyl groups excluding tert-OH is 1. The van der Waals surface area contributed by atoms with Crippen molar-refractivity contribution in [3.63, 3.8) is 0 Å². The number of piperazine rings is 1. The first-order valence-electron chi connectivity index (χ1n) is 11.6. The topological polar surface area (TPSA) is 70.4 Å². The first kappa shape index (κ1) is 23.3. The molecule has 1 saturated heterocycles. The van der Waals surface area contributed by atoms with E-state index in [0.29, 0.717) is 13.2 Å². The lowest BCUT2D eigenvalue weighted by molar-refractivity contribution is 0.0486. The van der Waals surface area contributed by atoms with Crippen LogP contribution in [0.4, 0.5) is 4.39 Å². The molecule has 1 fully saturated rings. The van der Waals surface area contributed by atoms with Gasteiger partial charge in [0.2, 0.25) is 0 Å². The van der Waals surface area contributed by atoms with Crippen LogP contribution in [0.1, 0.15) is 16.8 Å². The Morgan fingerprint density at radius 1 is 1.15 bits per heavy atom. The average molecular weight is 485 g/mol. The Balaban J connectivity index is 1.04. The minimum Gasteiger partial charge on any atom is -0.491 e. The van der Waals surface area contributed by atoms with Gasteiger partial charge in [0.15, 0.2) is 6.23 Å². The maximum absolute atomic E-state index is 13.1. The number of benzene rings is 2. The Hall–Kier alpha value is -2.43. The highest BCUT2D eigenvalue weighted by atomic mass is 32.1. The second-order valence-corrected chi connectivity index (χ2v) is 10.0. The van der Waals surface area contributed by atoms with Gasteiger partial charge in [-0.05, 0) is 31.2 Å². The Bertz CT molecular complexity index is 1140. The highest BCUT2D eigenvalue weighted by molar-refractivity contribution is 7.18. The van der Waals surface area contributed by atoms with Crippen molar-refractivity contribution in [2.75, 3.05) is 52.5 Å². The van der Waals surface area contributed by atoms with Crippen LogP contribution in [0.5, 0.6) is 5.75 Å². The number of rotatable bonds is 8. The first-order valence-corrected chi connectivity index (χ1v) is 12.4. The van der Waals surface area contributed by atoms with Crippen LogP contribution < -0.4 is 4.74 Å². The molecule has 0 saturated carbocycles. The number of hydrogen-bond acceptors (Lipinski definition) is 8. The number of aryl methyl sites for hydroxylation is 1. The van der Waals surface area contributed by atoms with E-state index < -0.39 is 6.10 Å². The van der Waals surface area contributed by atoms with Crippen molar-refractivity contribution in [2.45, 2.75) is 19.3 Å². The van der Waals surface area contributed by atoms with Crippen molar-refractivity contribution < 1.29 is 19.0 Å². The van der Waals surface area contributed by atoms with E-state index in [2.05, 4.69) is 19.8 Å². The van der Waals surface area contributed by atoms with Crippen LogP contribution in [0, 0.1) is 12.7 Å². The van der Waals surface area contributed by atoms with Gasteiger partial charge < -0.3 is 14.6 Å². The van der Waals surface area contributed by atoms with E-state index in [-0.39, 0.29) is 18.7 Å². The fourth-order valence-electron chi connectivity index (χ4n) is 4.34. The summed E-state index contributed by atoms with van der Waals surface area (Å²) in [5.41, 5.74) is 2.83. The molecule has 2 aliphatic rings. The number of ether oxygens (including phenoxy) is 2. The maximum Gasteiger partial charge on any atom is 0.174 e. The molecular formula is C25H29FN4O3S. The molecule has 0 aliphatic carbocycles. The maximum atomic E-state index is 13.1. The molecule has 7 nitrogen and oxygen atoms in total. The van der Waals surface area contributed by atoms with Gasteiger partial charge in [0, 0.05) is 50.9 Å². The van der Waals surface area contributed by atoms with Crippen molar-refractivity contribution >= 4 is 27.3 Å². The van der Waals surface area contributed by atoms with Crippen LogP contribution >= 0.6 is 11.3 Å². The van der Waals surface area contributed by atoms with Gasteiger partial charge in [-0.1, -0.05) is 12.1 Å². The van der Waals surface area contributed by atoms with Crippen molar-refractivity contribution in [1.29, 1.82) is 0 Å². The van der Waals surface area contributed by atoms with E-state index in [4.69, 9.17) is 9.47 Å². The van der Waals surface area contributed by atoms with Crippen molar-refractivity contribution in [3.05, 3.63) is 58.9 Å². The van der Waals surface area contributed by atoms with E-state index >= 15 is 0 Å². The number of thiazole rings is 1. The third kappa shape index (κ3) is 5.79. The Kier molecular flexibility index (Phi) is 7.17. The summed E-state index contributed by atoms with van der Waals surface area (Å²) in [6, 6.07) is 12.2. The Morgan fingerprint density at radius 2 is 1.91 bits per heavy atom. The Morgan fingerprint density at radius 3 is 2.71 bits per heavy atom. The third-order valence-electron chi connectivity index (χ3n) is 6.11. The minimum absolute atomic E-state index is 0.257. The second-order valence-electron chi connectivity index (χ2n) is 8.81. The van der Waals surface area contributed by atoms with Crippen LogP contribution in [0.3, 0.4) is 0 Å². The molecule has 2 aromatic carbocycles. The van der Waals surface area contributed by atoms with E-state index in [1.807, 2.05) is 25.1 Å². The molecule has 0 radical (unpaired) electrons. The average Bonchev–Trinajstić information content (AvgIpc) is 3.44. The van der Waals surface area contributed by atoms with Crippen LogP contribution in [-0.4, -0.2) is 84.2 Å². The molecule has 0 bridgehead atoms. The van der Waals surface area contributed by atoms with Gasteiger partial charge in [0.1, 0.15) is 24.3 Å². The summed E-state index contributed by atoms with van der Waals surface area (Å²) in [6.45, 7) is 7.71. The van der Waals surface area contributed by atoms with Crippen molar-refractivity contribution in [1.82, 2.24) is 14.8 Å². The highest BCUT2D eigenvalue weighted by Crippen LogP contribution is 2.26. The SMILES string of the molecule is Cc1nc2cc(OC[C@H](O)CN3CCN(CC4=NC(c5ccc(F)cc5)OC4)CC3)ccc2s1. The van der Waals surface area contributed by atoms with Crippen molar-refractivity contribution in [2.24, 2.45) is 4.99 Å². The van der Waals surface area contributed by atoms with Crippen LogP contribution in [0.25, 0.3) is 10.2 Å². The first-order chi connectivity index (χ1) is 16.5. The number of aliphatic hydroxyl groups is 1. The summed E-state index contributed by atoms with van der Waals surface area (Å²) >= 11 is 1.66. The van der Waals surface area contributed by atoms with Gasteiger partial charge in [-0.3, -0.25) is 14.8 Å². The zero-order chi connectivity index (χ0) is 23.5. The summed E-state index contributed by atoms with van der Waals surface area (Å²) in [6.07, 6.45) is -0.893. The van der Waals surface area contributed by atoms with Crippen LogP contribution in [0.15, 0.2) is 47.5 Å². The number of fused-ring (bicyclic) bond motifs is 1. The molecular weight excluding hydrogens is 455 g/mol. The number of aromatic nitrogens is 1. The molecule has 2 atom stereocenters. The molecule has 0 amide bonds. The van der Waals surface area contributed by atoms with Gasteiger partial charge in [0.25, 0.3) is 0 Å². The smallest absolute Gasteiger partial charge is 0.174 e. The lowest BCUT2D eigenvalue weighted by Gasteiger charge is -2.35. The zero-order valence-electron chi connectivity index (χ0n) is 19.2. The number of β-amino-alcohol motifs (C(OH)–C–C–N with tert-alkyl or cyclic N) is 1. The molecule has 1 N–H and O–H groups in total. The summed E-state index contributed by atoms with van der Waals surface area (Å²) in [7, 11) is 0. The van der Waals surface area contributed by atoms with E-state index in [1.165, 1.54) is 12.1 Å². The van der Waals surface area contributed by atoms with Gasteiger partial charge in [-0.2, -0.15) is 0 Å². The highest BCUT2D eigenvalue weighted by Gasteiger charge is 2.24. The minimum atomic E-state index is -0.552. The lowest BCUT2D eigenvalue weighted by atomic mass is 10.2. The fourth-order valence-corrected chi connectivity index (χ4v) is 5.15. The molecule has 3 aromatic rings. The van der Waals surface area contributed by atoms with E-state index in [0.717, 1.165) is 65.0 Å². The molecule has 2 aliphatic heterocycles. The quantitative estimate of drug-likeness (QED) is 0.529. The molecule has 9 heteroatoms. The zero-order valence-corrected chi connectivity index (χ0v) is 20.0. The largest absolute Gasteiger partial charge is 0.491 e. The van der Waals surface area contributed by atoms with E-state index in [9.17, 15) is 9.50 Å². The summed E-state index contributed by atoms with van der Waals surface area (Å²) in [4.78, 5) is 13.8. The van der Waals surface area contributed by atoms with Gasteiger partial charge in [-0.25, -0.2) is 9.37 Å². The third-order valence-corrected chi connectivity index (χ3v) is 7.06. The summed E-state index contributed by atoms with van der Waals surface area (Å²) in [5.74, 6) is 0.480. The summed E-state index contributed by atoms with van der Waals surface area (Å²) < 4.78 is 25.9. The molecule has 5 rings (SSSR count). The van der Waals surface area contributed by atoms with Gasteiger partial charge in [-0.15, -0.1) is 11.3 Å². The lowest BCUT2D eigenvalue weighted by Crippen LogP contribution is -2.50. The Labute approximate surface area is 202 Å². The van der Waals surface area contributed by atoms with E-state index in [1.54, 1.807) is 23.5 Å². The normalized spacial score (nSPS) is 20.6. The summed E-state index contributed by atoms with van der Waals surface area (Å²) in [5, 5.41) is 11.5. The molecule has 3 heterocycles. The molecule has 0 spiro atoms. The fraction of sp³-hybridized carbons (Fsp3) is 0.440. The number of halogens is 1. The monoisotopic (exact) mass is 484 g/mol. The standard InChI is InChI=1S/C25H29FN4O3S/c1-17-27-23-12-22(6-7-24(23)34-17)32-16-21(31)14-30-10-8-29(9-11-30)13-20-15-33-25(28-20)18-2-4-19(26)5-3-18/h2-7,12,21,25,31H,8-11,13-16H2,1H3/t21-,25?/m1/s1.